The van der Waals surface area contributed by atoms with Gasteiger partial charge in [-0.05, 0) is 38.2 Å². The van der Waals surface area contributed by atoms with E-state index in [1.807, 2.05) is 0 Å². The summed E-state index contributed by atoms with van der Waals surface area (Å²) in [5, 5.41) is 0. The van der Waals surface area contributed by atoms with Gasteiger partial charge in [0.15, 0.2) is 5.72 Å². The topological polar surface area (TPSA) is 32.8 Å². The molecular weight excluding hydrogens is 354 g/mol. The second-order valence-corrected chi connectivity index (χ2v) is 6.00. The Morgan fingerprint density at radius 3 is 2.12 bits per heavy atom. The summed E-state index contributed by atoms with van der Waals surface area (Å²) in [7, 11) is 1.64. The Kier molecular flexibility index (Phi) is 4.95. The Morgan fingerprint density at radius 2 is 1.64 bits per heavy atom. The first kappa shape index (κ1) is 19.4. The lowest BCUT2D eigenvalue weighted by atomic mass is 10.1. The highest BCUT2D eigenvalue weighted by molar-refractivity contribution is 5.76. The minimum absolute atomic E-state index is 0.0319. The standard InChI is InChI=1S/C15H16F6N2O2/c1-13(25-12(24)15(19,20)21)9-22(2)7-8-23(13)11-5-3-10(4-6-11)14(16,17)18/h3-6H,7-9H2,1-2H3/t13-/m0/s1. The van der Waals surface area contributed by atoms with Gasteiger partial charge in [0.1, 0.15) is 0 Å². The van der Waals surface area contributed by atoms with Crippen molar-refractivity contribution in [3.05, 3.63) is 29.8 Å². The Hall–Kier alpha value is -1.97. The largest absolute Gasteiger partial charge is 0.491 e. The van der Waals surface area contributed by atoms with Crippen molar-refractivity contribution in [3.63, 3.8) is 0 Å². The van der Waals surface area contributed by atoms with Crippen molar-refractivity contribution in [1.29, 1.82) is 0 Å². The van der Waals surface area contributed by atoms with Gasteiger partial charge in [-0.2, -0.15) is 26.3 Å². The molecule has 4 nitrogen and oxygen atoms in total. The number of alkyl halides is 6. The predicted molar refractivity (Wildman–Crippen MR) is 76.8 cm³/mol. The number of ether oxygens (including phenoxy) is 1. The molecule has 10 heteroatoms. The minimum Gasteiger partial charge on any atom is -0.431 e. The first-order valence-corrected chi connectivity index (χ1v) is 7.26. The van der Waals surface area contributed by atoms with E-state index in [0.29, 0.717) is 6.54 Å². The molecule has 1 atom stereocenters. The van der Waals surface area contributed by atoms with Gasteiger partial charge in [0, 0.05) is 18.8 Å². The van der Waals surface area contributed by atoms with Crippen molar-refractivity contribution in [2.45, 2.75) is 25.0 Å². The summed E-state index contributed by atoms with van der Waals surface area (Å²) in [6.45, 7) is 1.89. The Morgan fingerprint density at radius 1 is 1.08 bits per heavy atom. The van der Waals surface area contributed by atoms with Crippen LogP contribution in [-0.2, 0) is 15.7 Å². The molecule has 0 unspecified atom stereocenters. The number of carbonyl (C=O) groups excluding carboxylic acids is 1. The smallest absolute Gasteiger partial charge is 0.431 e. The maximum absolute atomic E-state index is 12.7. The van der Waals surface area contributed by atoms with Crippen LogP contribution in [-0.4, -0.2) is 49.5 Å². The number of benzene rings is 1. The van der Waals surface area contributed by atoms with Crippen molar-refractivity contribution in [1.82, 2.24) is 4.90 Å². The van der Waals surface area contributed by atoms with Crippen LogP contribution in [0.1, 0.15) is 12.5 Å². The van der Waals surface area contributed by atoms with Crippen LogP contribution in [0.3, 0.4) is 0 Å². The molecule has 140 valence electrons. The van der Waals surface area contributed by atoms with E-state index in [1.165, 1.54) is 11.8 Å². The SMILES string of the molecule is CN1CCN(c2ccc(C(F)(F)F)cc2)[C@@](C)(OC(=O)C(F)(F)F)C1. The van der Waals surface area contributed by atoms with Gasteiger partial charge in [-0.25, -0.2) is 4.79 Å². The minimum atomic E-state index is -5.16. The zero-order valence-corrected chi connectivity index (χ0v) is 13.4. The van der Waals surface area contributed by atoms with E-state index < -0.39 is 29.6 Å². The second-order valence-electron chi connectivity index (χ2n) is 6.00. The zero-order chi connectivity index (χ0) is 19.0. The average Bonchev–Trinajstić information content (AvgIpc) is 2.45. The van der Waals surface area contributed by atoms with Crippen LogP contribution in [0, 0.1) is 0 Å². The average molecular weight is 370 g/mol. The number of anilines is 1. The molecule has 0 aromatic heterocycles. The Bertz CT molecular complexity index is 628. The molecule has 0 amide bonds. The fraction of sp³-hybridized carbons (Fsp3) is 0.533. The van der Waals surface area contributed by atoms with Gasteiger partial charge in [0.2, 0.25) is 0 Å². The van der Waals surface area contributed by atoms with Crippen LogP contribution in [0.5, 0.6) is 0 Å². The lowest BCUT2D eigenvalue weighted by Crippen LogP contribution is -2.63. The maximum atomic E-state index is 12.7. The van der Waals surface area contributed by atoms with E-state index in [0.717, 1.165) is 24.3 Å². The van der Waals surface area contributed by atoms with Crippen molar-refractivity contribution >= 4 is 11.7 Å². The molecule has 1 aliphatic rings. The van der Waals surface area contributed by atoms with Gasteiger partial charge in [0.05, 0.1) is 12.1 Å². The first-order valence-electron chi connectivity index (χ1n) is 7.26. The van der Waals surface area contributed by atoms with Crippen molar-refractivity contribution in [3.8, 4) is 0 Å². The molecule has 2 rings (SSSR count). The van der Waals surface area contributed by atoms with Gasteiger partial charge in [-0.15, -0.1) is 0 Å². The number of likely N-dealkylation sites (N-methyl/N-ethyl adjacent to an activating group) is 1. The molecule has 0 aliphatic carbocycles. The Labute approximate surface area is 139 Å². The van der Waals surface area contributed by atoms with Gasteiger partial charge in [-0.3, -0.25) is 4.90 Å². The van der Waals surface area contributed by atoms with E-state index in [-0.39, 0.29) is 18.8 Å². The first-order chi connectivity index (χ1) is 11.3. The van der Waals surface area contributed by atoms with Gasteiger partial charge < -0.3 is 9.64 Å². The third-order valence-electron chi connectivity index (χ3n) is 3.89. The number of rotatable bonds is 2. The van der Waals surface area contributed by atoms with Crippen molar-refractivity contribution < 1.29 is 35.9 Å². The number of nitrogens with zero attached hydrogens (tertiary/aromatic N) is 2. The van der Waals surface area contributed by atoms with E-state index >= 15 is 0 Å². The second kappa shape index (κ2) is 6.40. The molecule has 0 radical (unpaired) electrons. The van der Waals surface area contributed by atoms with Crippen LogP contribution < -0.4 is 4.90 Å². The molecular formula is C15H16F6N2O2. The van der Waals surface area contributed by atoms with Crippen LogP contribution >= 0.6 is 0 Å². The quantitative estimate of drug-likeness (QED) is 0.591. The summed E-state index contributed by atoms with van der Waals surface area (Å²) in [4.78, 5) is 14.3. The summed E-state index contributed by atoms with van der Waals surface area (Å²) in [5.74, 6) is -2.35. The molecule has 1 fully saturated rings. The number of carbonyl (C=O) groups is 1. The Balaban J connectivity index is 2.31. The van der Waals surface area contributed by atoms with Crippen LogP contribution in [0.25, 0.3) is 0 Å². The molecule has 1 aliphatic heterocycles. The summed E-state index contributed by atoms with van der Waals surface area (Å²) in [6, 6.07) is 3.96. The fourth-order valence-electron chi connectivity index (χ4n) is 2.75. The summed E-state index contributed by atoms with van der Waals surface area (Å²) in [6.07, 6.45) is -9.68. The number of hydrogen-bond acceptors (Lipinski definition) is 4. The molecule has 0 N–H and O–H groups in total. The summed E-state index contributed by atoms with van der Waals surface area (Å²) in [5.41, 5.74) is -2.31. The highest BCUT2D eigenvalue weighted by Crippen LogP contribution is 2.34. The number of halogens is 6. The molecule has 0 spiro atoms. The highest BCUT2D eigenvalue weighted by Gasteiger charge is 2.48. The lowest BCUT2D eigenvalue weighted by molar-refractivity contribution is -0.215. The monoisotopic (exact) mass is 370 g/mol. The number of piperazine rings is 1. The molecule has 0 saturated carbocycles. The number of hydrogen-bond donors (Lipinski definition) is 0. The normalized spacial score (nSPS) is 22.8. The van der Waals surface area contributed by atoms with Crippen molar-refractivity contribution in [2.24, 2.45) is 0 Å². The van der Waals surface area contributed by atoms with Gasteiger partial charge in [-0.1, -0.05) is 0 Å². The van der Waals surface area contributed by atoms with Crippen LogP contribution in [0.2, 0.25) is 0 Å². The van der Waals surface area contributed by atoms with E-state index in [4.69, 9.17) is 0 Å². The predicted octanol–water partition coefficient (Wildman–Crippen LogP) is 3.28. The number of esters is 1. The highest BCUT2D eigenvalue weighted by atomic mass is 19.4. The van der Waals surface area contributed by atoms with E-state index in [9.17, 15) is 31.1 Å². The third-order valence-corrected chi connectivity index (χ3v) is 3.89. The third kappa shape index (κ3) is 4.36. The van der Waals surface area contributed by atoms with Gasteiger partial charge >= 0.3 is 18.3 Å². The maximum Gasteiger partial charge on any atom is 0.491 e. The molecule has 1 aromatic carbocycles. The molecule has 25 heavy (non-hydrogen) atoms. The zero-order valence-electron chi connectivity index (χ0n) is 13.4. The van der Waals surface area contributed by atoms with Gasteiger partial charge in [0.25, 0.3) is 0 Å². The molecule has 0 bridgehead atoms. The lowest BCUT2D eigenvalue weighted by Gasteiger charge is -2.48. The molecule has 1 aromatic rings. The molecule has 1 heterocycles. The summed E-state index contributed by atoms with van der Waals surface area (Å²) >= 11 is 0. The fourth-order valence-corrected chi connectivity index (χ4v) is 2.75. The molecule has 1 saturated heterocycles. The van der Waals surface area contributed by atoms with Crippen LogP contribution in [0.4, 0.5) is 32.0 Å². The van der Waals surface area contributed by atoms with Crippen molar-refractivity contribution in [2.75, 3.05) is 31.6 Å². The summed E-state index contributed by atoms with van der Waals surface area (Å²) < 4.78 is 80.3. The van der Waals surface area contributed by atoms with E-state index in [1.54, 1.807) is 11.9 Å². The van der Waals surface area contributed by atoms with Crippen LogP contribution in [0.15, 0.2) is 24.3 Å². The van der Waals surface area contributed by atoms with E-state index in [2.05, 4.69) is 4.74 Å².